The first-order chi connectivity index (χ1) is 13.0. The highest BCUT2D eigenvalue weighted by atomic mass is 35.5. The molecule has 2 aliphatic heterocycles. The van der Waals surface area contributed by atoms with Crippen LogP contribution >= 0.6 is 11.6 Å². The van der Waals surface area contributed by atoms with Crippen LogP contribution in [0.25, 0.3) is 0 Å². The van der Waals surface area contributed by atoms with Crippen molar-refractivity contribution in [3.63, 3.8) is 0 Å². The number of halogens is 1. The van der Waals surface area contributed by atoms with E-state index in [2.05, 4.69) is 0 Å². The number of nitrogens with zero attached hydrogens (tertiary/aromatic N) is 3. The molecule has 156 valence electrons. The van der Waals surface area contributed by atoms with Gasteiger partial charge in [-0.3, -0.25) is 9.80 Å². The van der Waals surface area contributed by atoms with E-state index < -0.39 is 31.9 Å². The quantitative estimate of drug-likeness (QED) is 0.622. The largest absolute Gasteiger partial charge is 0.272 e. The minimum atomic E-state index is -3.86. The summed E-state index contributed by atoms with van der Waals surface area (Å²) in [5, 5.41) is 3.39. The molecule has 0 aliphatic carbocycles. The van der Waals surface area contributed by atoms with Crippen molar-refractivity contribution in [2.24, 2.45) is 0 Å². The van der Waals surface area contributed by atoms with Crippen molar-refractivity contribution < 1.29 is 21.6 Å². The second-order valence-electron chi connectivity index (χ2n) is 7.31. The molecule has 0 saturated carbocycles. The first kappa shape index (κ1) is 21.5. The molecule has 0 N–H and O–H groups in total. The zero-order valence-corrected chi connectivity index (χ0v) is 18.2. The Balaban J connectivity index is 1.88. The molecule has 11 heteroatoms. The van der Waals surface area contributed by atoms with Crippen molar-refractivity contribution in [2.45, 2.75) is 36.2 Å². The maximum absolute atomic E-state index is 13.3. The van der Waals surface area contributed by atoms with Crippen LogP contribution < -0.4 is 0 Å². The summed E-state index contributed by atoms with van der Waals surface area (Å²) in [5.41, 5.74) is 0. The molecule has 8 nitrogen and oxygen atoms in total. The fraction of sp³-hybridized carbons (Fsp3) is 0.588. The number of sulfone groups is 1. The molecule has 2 aliphatic rings. The third-order valence-corrected chi connectivity index (χ3v) is 9.04. The maximum atomic E-state index is 13.3. The van der Waals surface area contributed by atoms with E-state index in [1.165, 1.54) is 33.6 Å². The van der Waals surface area contributed by atoms with Crippen molar-refractivity contribution in [1.82, 2.24) is 14.3 Å². The molecule has 1 aromatic carbocycles. The fourth-order valence-electron chi connectivity index (χ4n) is 3.84. The van der Waals surface area contributed by atoms with E-state index in [0.717, 1.165) is 0 Å². The Kier molecular flexibility index (Phi) is 6.07. The van der Waals surface area contributed by atoms with Gasteiger partial charge in [0.05, 0.1) is 22.4 Å². The second-order valence-corrected chi connectivity index (χ2v) is 11.9. The number of carbonyl (C=O) groups is 1. The van der Waals surface area contributed by atoms with Gasteiger partial charge in [0.15, 0.2) is 9.84 Å². The van der Waals surface area contributed by atoms with Crippen LogP contribution in [0.1, 0.15) is 19.3 Å². The van der Waals surface area contributed by atoms with Crippen LogP contribution in [0.2, 0.25) is 5.02 Å². The summed E-state index contributed by atoms with van der Waals surface area (Å²) in [6.45, 7) is 0.242. The lowest BCUT2D eigenvalue weighted by atomic mass is 10.1. The highest BCUT2D eigenvalue weighted by Crippen LogP contribution is 2.30. The first-order valence-corrected chi connectivity index (χ1v) is 12.6. The highest BCUT2D eigenvalue weighted by molar-refractivity contribution is 7.91. The normalized spacial score (nSPS) is 25.3. The number of rotatable bonds is 5. The molecule has 0 aromatic heterocycles. The van der Waals surface area contributed by atoms with Crippen molar-refractivity contribution >= 4 is 37.4 Å². The number of amides is 1. The first-order valence-electron chi connectivity index (χ1n) is 9.01. The topological polar surface area (TPSA) is 95.1 Å². The Hall–Kier alpha value is -1.20. The van der Waals surface area contributed by atoms with Crippen LogP contribution in [0, 0.1) is 0 Å². The van der Waals surface area contributed by atoms with Crippen LogP contribution in [0.4, 0.5) is 0 Å². The number of benzene rings is 1. The van der Waals surface area contributed by atoms with E-state index >= 15 is 0 Å². The Morgan fingerprint density at radius 3 is 2.36 bits per heavy atom. The molecular formula is C17H24ClN3O5S2. The summed E-state index contributed by atoms with van der Waals surface area (Å²) >= 11 is 5.85. The summed E-state index contributed by atoms with van der Waals surface area (Å²) in [4.78, 5) is 13.4. The van der Waals surface area contributed by atoms with Gasteiger partial charge < -0.3 is 0 Å². The summed E-state index contributed by atoms with van der Waals surface area (Å²) in [6, 6.07) is 4.50. The lowest BCUT2D eigenvalue weighted by Gasteiger charge is -2.37. The van der Waals surface area contributed by atoms with Gasteiger partial charge in [-0.25, -0.2) is 21.8 Å². The van der Waals surface area contributed by atoms with Crippen LogP contribution in [-0.2, 0) is 24.7 Å². The highest BCUT2D eigenvalue weighted by Gasteiger charge is 2.45. The summed E-state index contributed by atoms with van der Waals surface area (Å²) in [7, 11) is -3.72. The molecular weight excluding hydrogens is 426 g/mol. The Morgan fingerprint density at radius 2 is 1.82 bits per heavy atom. The molecule has 2 atom stereocenters. The van der Waals surface area contributed by atoms with Crippen LogP contribution in [0.5, 0.6) is 0 Å². The van der Waals surface area contributed by atoms with Gasteiger partial charge in [-0.1, -0.05) is 11.6 Å². The van der Waals surface area contributed by atoms with Gasteiger partial charge in [0.1, 0.15) is 6.04 Å². The van der Waals surface area contributed by atoms with E-state index in [4.69, 9.17) is 11.6 Å². The van der Waals surface area contributed by atoms with Crippen LogP contribution in [-0.4, -0.2) is 81.3 Å². The molecule has 1 amide bonds. The monoisotopic (exact) mass is 449 g/mol. The lowest BCUT2D eigenvalue weighted by molar-refractivity contribution is -0.152. The van der Waals surface area contributed by atoms with E-state index in [9.17, 15) is 21.6 Å². The molecule has 3 rings (SSSR count). The van der Waals surface area contributed by atoms with E-state index in [0.29, 0.717) is 24.3 Å². The summed E-state index contributed by atoms with van der Waals surface area (Å²) in [6.07, 6.45) is 1.31. The second kappa shape index (κ2) is 7.91. The van der Waals surface area contributed by atoms with Crippen molar-refractivity contribution in [2.75, 3.05) is 32.1 Å². The van der Waals surface area contributed by atoms with E-state index in [1.807, 2.05) is 0 Å². The third kappa shape index (κ3) is 4.20. The average molecular weight is 450 g/mol. The maximum Gasteiger partial charge on any atom is 0.255 e. The van der Waals surface area contributed by atoms with Gasteiger partial charge in [-0.15, -0.1) is 0 Å². The SMILES string of the molecule is CN(C)N(C(=O)[C@@H]1CCCN1S(=O)(=O)c1ccc(Cl)cc1)[C@H]1CCS(=O)(=O)C1. The van der Waals surface area contributed by atoms with Crippen molar-refractivity contribution in [3.8, 4) is 0 Å². The number of carbonyl (C=O) groups excluding carboxylic acids is 1. The zero-order valence-electron chi connectivity index (χ0n) is 15.8. The molecule has 0 unspecified atom stereocenters. The zero-order chi connectivity index (χ0) is 20.7. The van der Waals surface area contributed by atoms with Crippen molar-refractivity contribution in [3.05, 3.63) is 29.3 Å². The van der Waals surface area contributed by atoms with Crippen LogP contribution in [0.15, 0.2) is 29.2 Å². The summed E-state index contributed by atoms with van der Waals surface area (Å²) < 4.78 is 51.1. The molecule has 0 spiro atoms. The number of sulfonamides is 1. The molecule has 2 heterocycles. The van der Waals surface area contributed by atoms with Crippen molar-refractivity contribution in [1.29, 1.82) is 0 Å². The van der Waals surface area contributed by atoms with Gasteiger partial charge in [0.25, 0.3) is 5.91 Å². The molecule has 2 fully saturated rings. The standard InChI is InChI=1S/C17H24ClN3O5S2/c1-19(2)21(14-9-11-27(23,24)12-14)17(22)16-4-3-10-20(16)28(25,26)15-7-5-13(18)6-8-15/h5-8,14,16H,3-4,9-12H2,1-2H3/t14-,16-/m0/s1. The Labute approximate surface area is 171 Å². The predicted octanol–water partition coefficient (Wildman–Crippen LogP) is 0.985. The third-order valence-electron chi connectivity index (χ3n) is 5.12. The minimum Gasteiger partial charge on any atom is -0.272 e. The van der Waals surface area contributed by atoms with Gasteiger partial charge in [0.2, 0.25) is 10.0 Å². The minimum absolute atomic E-state index is 0.0345. The fourth-order valence-corrected chi connectivity index (χ4v) is 7.31. The summed E-state index contributed by atoms with van der Waals surface area (Å²) in [5.74, 6) is -0.456. The van der Waals surface area contributed by atoms with Gasteiger partial charge in [-0.05, 0) is 43.5 Å². The number of hydrazine groups is 1. The van der Waals surface area contributed by atoms with Gasteiger partial charge in [-0.2, -0.15) is 4.31 Å². The molecule has 0 bridgehead atoms. The lowest BCUT2D eigenvalue weighted by Crippen LogP contribution is -2.56. The van der Waals surface area contributed by atoms with Gasteiger partial charge >= 0.3 is 0 Å². The predicted molar refractivity (Wildman–Crippen MR) is 106 cm³/mol. The van der Waals surface area contributed by atoms with Crippen LogP contribution in [0.3, 0.4) is 0 Å². The Morgan fingerprint density at radius 1 is 1.18 bits per heavy atom. The molecule has 2 saturated heterocycles. The molecule has 0 radical (unpaired) electrons. The molecule has 28 heavy (non-hydrogen) atoms. The van der Waals surface area contributed by atoms with E-state index in [-0.39, 0.29) is 28.9 Å². The smallest absolute Gasteiger partial charge is 0.255 e. The number of hydrogen-bond donors (Lipinski definition) is 0. The van der Waals surface area contributed by atoms with E-state index in [1.54, 1.807) is 19.1 Å². The number of hydrogen-bond acceptors (Lipinski definition) is 6. The molecule has 1 aromatic rings. The Bertz CT molecular complexity index is 948. The van der Waals surface area contributed by atoms with Gasteiger partial charge in [0, 0.05) is 25.7 Å². The average Bonchev–Trinajstić information content (AvgIpc) is 3.22.